The van der Waals surface area contributed by atoms with Crippen molar-refractivity contribution in [2.24, 2.45) is 5.92 Å². The molecule has 0 radical (unpaired) electrons. The summed E-state index contributed by atoms with van der Waals surface area (Å²) in [5, 5.41) is 3.45. The summed E-state index contributed by atoms with van der Waals surface area (Å²) in [6.07, 6.45) is 6.86. The van der Waals surface area contributed by atoms with Crippen molar-refractivity contribution < 1.29 is 14.3 Å². The topological polar surface area (TPSA) is 76.5 Å². The Labute approximate surface area is 176 Å². The van der Waals surface area contributed by atoms with Crippen molar-refractivity contribution >= 4 is 29.3 Å². The number of carbonyl (C=O) groups is 2. The van der Waals surface area contributed by atoms with E-state index in [2.05, 4.69) is 10.3 Å². The predicted molar refractivity (Wildman–Crippen MR) is 112 cm³/mol. The number of likely N-dealkylation sites (tertiary alicyclic amines) is 1. The highest BCUT2D eigenvalue weighted by atomic mass is 35.5. The monoisotopic (exact) mass is 418 g/mol. The first-order valence-electron chi connectivity index (χ1n) is 9.77. The zero-order valence-corrected chi connectivity index (χ0v) is 17.8. The van der Waals surface area contributed by atoms with Gasteiger partial charge < -0.3 is 19.5 Å². The highest BCUT2D eigenvalue weighted by Crippen LogP contribution is 2.26. The summed E-state index contributed by atoms with van der Waals surface area (Å²) in [5.74, 6) is 0.196. The molecule has 0 atom stereocenters. The van der Waals surface area contributed by atoms with Gasteiger partial charge in [-0.3, -0.25) is 4.79 Å². The number of imidazole rings is 1. The number of aromatic nitrogens is 2. The van der Waals surface area contributed by atoms with Gasteiger partial charge in [-0.2, -0.15) is 0 Å². The number of ether oxygens (including phenoxy) is 1. The molecule has 2 amide bonds. The fourth-order valence-corrected chi connectivity index (χ4v) is 3.59. The second-order valence-electron chi connectivity index (χ2n) is 8.30. The number of rotatable bonds is 4. The molecule has 7 nitrogen and oxygen atoms in total. The number of hydrogen-bond donors (Lipinski definition) is 1. The fourth-order valence-electron chi connectivity index (χ4n) is 3.32. The summed E-state index contributed by atoms with van der Waals surface area (Å²) in [6.45, 7) is 6.79. The molecule has 0 unspecified atom stereocenters. The zero-order valence-electron chi connectivity index (χ0n) is 17.0. The number of benzene rings is 1. The Hall–Kier alpha value is -2.54. The number of halogens is 1. The van der Waals surface area contributed by atoms with Crippen molar-refractivity contribution in [3.63, 3.8) is 0 Å². The summed E-state index contributed by atoms with van der Waals surface area (Å²) in [7, 11) is 0. The zero-order chi connectivity index (χ0) is 21.0. The average Bonchev–Trinajstić information content (AvgIpc) is 3.15. The number of hydrogen-bond acceptors (Lipinski definition) is 4. The first-order chi connectivity index (χ1) is 13.7. The molecule has 29 heavy (non-hydrogen) atoms. The second-order valence-corrected chi connectivity index (χ2v) is 8.71. The van der Waals surface area contributed by atoms with E-state index in [9.17, 15) is 9.59 Å². The Morgan fingerprint density at radius 1 is 1.28 bits per heavy atom. The lowest BCUT2D eigenvalue weighted by Gasteiger charge is -2.33. The highest BCUT2D eigenvalue weighted by molar-refractivity contribution is 6.32. The van der Waals surface area contributed by atoms with Crippen LogP contribution in [0.25, 0.3) is 5.69 Å². The molecular formula is C21H27ClN4O3. The van der Waals surface area contributed by atoms with Crippen LogP contribution in [0, 0.1) is 5.92 Å². The minimum Gasteiger partial charge on any atom is -0.444 e. The van der Waals surface area contributed by atoms with Crippen molar-refractivity contribution in [3.8, 4) is 5.69 Å². The lowest BCUT2D eigenvalue weighted by atomic mass is 9.93. The third kappa shape index (κ3) is 5.97. The Bertz CT molecular complexity index is 853. The maximum atomic E-state index is 12.4. The highest BCUT2D eigenvalue weighted by Gasteiger charge is 2.27. The molecule has 1 N–H and O–H groups in total. The van der Waals surface area contributed by atoms with Crippen LogP contribution < -0.4 is 5.32 Å². The van der Waals surface area contributed by atoms with Crippen LogP contribution >= 0.6 is 11.6 Å². The number of carbonyl (C=O) groups excluding carboxylic acids is 2. The standard InChI is InChI=1S/C21H27ClN4O3/c1-21(2,3)29-20(28)25-9-6-15(7-10-25)12-19(27)24-16-4-5-18(17(22)13-16)26-11-8-23-14-26/h4-5,8,11,13-15H,6-7,9-10,12H2,1-3H3,(H,24,27). The van der Waals surface area contributed by atoms with E-state index in [4.69, 9.17) is 16.3 Å². The second kappa shape index (κ2) is 8.86. The Balaban J connectivity index is 1.48. The molecule has 0 bridgehead atoms. The number of piperidine rings is 1. The van der Waals surface area contributed by atoms with Crippen LogP contribution in [0.5, 0.6) is 0 Å². The number of amides is 2. The minimum atomic E-state index is -0.498. The maximum Gasteiger partial charge on any atom is 0.410 e. The molecule has 2 heterocycles. The van der Waals surface area contributed by atoms with Gasteiger partial charge in [0.2, 0.25) is 5.91 Å². The molecule has 0 aliphatic carbocycles. The Morgan fingerprint density at radius 2 is 2.00 bits per heavy atom. The third-order valence-corrected chi connectivity index (χ3v) is 5.06. The molecule has 3 rings (SSSR count). The van der Waals surface area contributed by atoms with Gasteiger partial charge in [-0.15, -0.1) is 0 Å². The van der Waals surface area contributed by atoms with Gasteiger partial charge in [-0.1, -0.05) is 11.6 Å². The summed E-state index contributed by atoms with van der Waals surface area (Å²) in [5.41, 5.74) is 0.967. The number of anilines is 1. The van der Waals surface area contributed by atoms with E-state index in [-0.39, 0.29) is 17.9 Å². The van der Waals surface area contributed by atoms with Crippen LogP contribution in [0.15, 0.2) is 36.9 Å². The summed E-state index contributed by atoms with van der Waals surface area (Å²) in [6, 6.07) is 5.41. The summed E-state index contributed by atoms with van der Waals surface area (Å²) >= 11 is 6.34. The Kier molecular flexibility index (Phi) is 6.47. The lowest BCUT2D eigenvalue weighted by molar-refractivity contribution is -0.117. The largest absolute Gasteiger partial charge is 0.444 e. The van der Waals surface area contributed by atoms with Crippen LogP contribution in [0.3, 0.4) is 0 Å². The van der Waals surface area contributed by atoms with Crippen molar-refractivity contribution in [1.82, 2.24) is 14.5 Å². The Morgan fingerprint density at radius 3 is 2.59 bits per heavy atom. The van der Waals surface area contributed by atoms with E-state index in [0.29, 0.717) is 30.2 Å². The molecule has 1 aromatic carbocycles. The molecule has 0 saturated carbocycles. The maximum absolute atomic E-state index is 12.4. The van der Waals surface area contributed by atoms with Crippen LogP contribution in [0.1, 0.15) is 40.0 Å². The first kappa shape index (κ1) is 21.2. The number of nitrogens with one attached hydrogen (secondary N) is 1. The molecular weight excluding hydrogens is 392 g/mol. The lowest BCUT2D eigenvalue weighted by Crippen LogP contribution is -2.42. The third-order valence-electron chi connectivity index (χ3n) is 4.75. The fraction of sp³-hybridized carbons (Fsp3) is 0.476. The first-order valence-corrected chi connectivity index (χ1v) is 10.1. The van der Waals surface area contributed by atoms with Crippen LogP contribution in [-0.4, -0.2) is 45.1 Å². The van der Waals surface area contributed by atoms with Gasteiger partial charge in [0.05, 0.1) is 17.0 Å². The van der Waals surface area contributed by atoms with Gasteiger partial charge in [-0.25, -0.2) is 9.78 Å². The molecule has 1 fully saturated rings. The molecule has 1 aromatic heterocycles. The molecule has 0 spiro atoms. The summed E-state index contributed by atoms with van der Waals surface area (Å²) in [4.78, 5) is 30.3. The van der Waals surface area contributed by atoms with Crippen molar-refractivity contribution in [2.75, 3.05) is 18.4 Å². The summed E-state index contributed by atoms with van der Waals surface area (Å²) < 4.78 is 7.22. The van der Waals surface area contributed by atoms with Crippen molar-refractivity contribution in [2.45, 2.75) is 45.6 Å². The normalized spacial score (nSPS) is 15.2. The van der Waals surface area contributed by atoms with Gasteiger partial charge in [0.15, 0.2) is 0 Å². The molecule has 1 aliphatic rings. The molecule has 2 aromatic rings. The van der Waals surface area contributed by atoms with Gasteiger partial charge in [0.1, 0.15) is 5.60 Å². The van der Waals surface area contributed by atoms with Gasteiger partial charge in [-0.05, 0) is 57.7 Å². The SMILES string of the molecule is CC(C)(C)OC(=O)N1CCC(CC(=O)Nc2ccc(-n3ccnc3)c(Cl)c2)CC1. The van der Waals surface area contributed by atoms with Crippen LogP contribution in [0.2, 0.25) is 5.02 Å². The predicted octanol–water partition coefficient (Wildman–Crippen LogP) is 4.50. The molecule has 8 heteroatoms. The molecule has 1 aliphatic heterocycles. The van der Waals surface area contributed by atoms with E-state index < -0.39 is 5.60 Å². The van der Waals surface area contributed by atoms with E-state index in [1.54, 1.807) is 23.5 Å². The van der Waals surface area contributed by atoms with Crippen molar-refractivity contribution in [1.29, 1.82) is 0 Å². The van der Waals surface area contributed by atoms with Gasteiger partial charge in [0, 0.05) is 37.6 Å². The van der Waals surface area contributed by atoms with E-state index >= 15 is 0 Å². The van der Waals surface area contributed by atoms with Gasteiger partial charge in [0.25, 0.3) is 0 Å². The molecule has 156 valence electrons. The van der Waals surface area contributed by atoms with Crippen LogP contribution in [-0.2, 0) is 9.53 Å². The van der Waals surface area contributed by atoms with Crippen molar-refractivity contribution in [3.05, 3.63) is 41.9 Å². The van der Waals surface area contributed by atoms with E-state index in [1.807, 2.05) is 43.7 Å². The van der Waals surface area contributed by atoms with E-state index in [0.717, 1.165) is 18.5 Å². The van der Waals surface area contributed by atoms with E-state index in [1.165, 1.54) is 0 Å². The number of nitrogens with zero attached hydrogens (tertiary/aromatic N) is 3. The quantitative estimate of drug-likeness (QED) is 0.792. The average molecular weight is 419 g/mol. The van der Waals surface area contributed by atoms with Gasteiger partial charge >= 0.3 is 6.09 Å². The smallest absolute Gasteiger partial charge is 0.410 e. The molecule has 1 saturated heterocycles. The minimum absolute atomic E-state index is 0.0489. The van der Waals surface area contributed by atoms with Crippen LogP contribution in [0.4, 0.5) is 10.5 Å².